The van der Waals surface area contributed by atoms with Crippen LogP contribution in [0.25, 0.3) is 6.08 Å². The zero-order valence-electron chi connectivity index (χ0n) is 13.2. The molecule has 1 aromatic heterocycles. The molecule has 6 heteroatoms. The third-order valence-electron chi connectivity index (χ3n) is 4.00. The minimum atomic E-state index is -0.338. The molecule has 0 unspecified atom stereocenters. The van der Waals surface area contributed by atoms with Gasteiger partial charge in [0.25, 0.3) is 0 Å². The highest BCUT2D eigenvalue weighted by Gasteiger charge is 2.52. The number of hydrogen-bond donors (Lipinski definition) is 1. The summed E-state index contributed by atoms with van der Waals surface area (Å²) >= 11 is 0. The van der Waals surface area contributed by atoms with Gasteiger partial charge in [-0.1, -0.05) is 0 Å². The molecule has 1 fully saturated rings. The molecule has 0 saturated carbocycles. The molecule has 2 heterocycles. The lowest BCUT2D eigenvalue weighted by Gasteiger charge is -2.32. The Balaban J connectivity index is 2.24. The maximum atomic E-state index is 6.09. The minimum Gasteiger partial charge on any atom is -0.400 e. The van der Waals surface area contributed by atoms with Crippen molar-refractivity contribution in [3.63, 3.8) is 0 Å². The molecule has 20 heavy (non-hydrogen) atoms. The molecule has 0 aromatic carbocycles. The van der Waals surface area contributed by atoms with E-state index < -0.39 is 0 Å². The van der Waals surface area contributed by atoms with Crippen LogP contribution in [0.15, 0.2) is 17.7 Å². The number of nitrogens with zero attached hydrogens (tertiary/aromatic N) is 2. The van der Waals surface area contributed by atoms with E-state index in [1.54, 1.807) is 4.68 Å². The van der Waals surface area contributed by atoms with E-state index in [0.717, 1.165) is 11.2 Å². The van der Waals surface area contributed by atoms with E-state index in [0.29, 0.717) is 6.54 Å². The van der Waals surface area contributed by atoms with Crippen LogP contribution in [0.2, 0.25) is 0 Å². The quantitative estimate of drug-likeness (QED) is 0.850. The van der Waals surface area contributed by atoms with E-state index in [-0.39, 0.29) is 18.3 Å². The van der Waals surface area contributed by atoms with Gasteiger partial charge in [0, 0.05) is 19.8 Å². The summed E-state index contributed by atoms with van der Waals surface area (Å²) in [5.41, 5.74) is 1.31. The highest BCUT2D eigenvalue weighted by atomic mass is 16.7. The molecule has 0 atom stereocenters. The summed E-state index contributed by atoms with van der Waals surface area (Å²) in [6.07, 6.45) is 3.95. The molecule has 0 radical (unpaired) electrons. The van der Waals surface area contributed by atoms with Crippen LogP contribution < -0.4 is 5.32 Å². The van der Waals surface area contributed by atoms with Crippen LogP contribution in [0, 0.1) is 0 Å². The Hall–Kier alpha value is -1.11. The van der Waals surface area contributed by atoms with Crippen molar-refractivity contribution in [1.82, 2.24) is 15.1 Å². The highest BCUT2D eigenvalue weighted by molar-refractivity contribution is 6.55. The van der Waals surface area contributed by atoms with Gasteiger partial charge >= 0.3 is 7.12 Å². The Labute approximate surface area is 121 Å². The van der Waals surface area contributed by atoms with E-state index in [2.05, 4.69) is 38.1 Å². The smallest absolute Gasteiger partial charge is 0.400 e. The predicted molar refractivity (Wildman–Crippen MR) is 81.2 cm³/mol. The van der Waals surface area contributed by atoms with Crippen molar-refractivity contribution in [2.75, 3.05) is 13.6 Å². The third kappa shape index (κ3) is 2.97. The Morgan fingerprint density at radius 1 is 1.35 bits per heavy atom. The second-order valence-corrected chi connectivity index (χ2v) is 6.25. The monoisotopic (exact) mass is 277 g/mol. The molecule has 1 N–H and O–H groups in total. The fraction of sp³-hybridized carbons (Fsp3) is 0.643. The number of nitrogens with one attached hydrogen (secondary N) is 1. The fourth-order valence-electron chi connectivity index (χ4n) is 2.10. The lowest BCUT2D eigenvalue weighted by Crippen LogP contribution is -2.41. The van der Waals surface area contributed by atoms with Crippen LogP contribution in [0.5, 0.6) is 0 Å². The van der Waals surface area contributed by atoms with E-state index >= 15 is 0 Å². The van der Waals surface area contributed by atoms with Crippen LogP contribution in [-0.2, 0) is 16.4 Å². The summed E-state index contributed by atoms with van der Waals surface area (Å²) in [6, 6.07) is 1.97. The fourth-order valence-corrected chi connectivity index (χ4v) is 2.10. The summed E-state index contributed by atoms with van der Waals surface area (Å²) in [5.74, 6) is 0. The average molecular weight is 277 g/mol. The molecule has 1 aliphatic rings. The lowest BCUT2D eigenvalue weighted by molar-refractivity contribution is 0.00578. The topological polar surface area (TPSA) is 48.3 Å². The van der Waals surface area contributed by atoms with Gasteiger partial charge in [-0.05, 0) is 52.4 Å². The van der Waals surface area contributed by atoms with Gasteiger partial charge in [0.2, 0.25) is 0 Å². The van der Waals surface area contributed by atoms with Gasteiger partial charge < -0.3 is 14.6 Å². The normalized spacial score (nSPS) is 21.5. The summed E-state index contributed by atoms with van der Waals surface area (Å²) in [4.78, 5) is 0. The van der Waals surface area contributed by atoms with Crippen LogP contribution in [0.1, 0.15) is 33.4 Å². The number of likely N-dealkylation sites (N-methyl/N-ethyl adjacent to an activating group) is 1. The van der Waals surface area contributed by atoms with Crippen molar-refractivity contribution >= 4 is 13.2 Å². The van der Waals surface area contributed by atoms with Gasteiger partial charge in [0.15, 0.2) is 0 Å². The van der Waals surface area contributed by atoms with Crippen LogP contribution in [-0.4, -0.2) is 41.7 Å². The summed E-state index contributed by atoms with van der Waals surface area (Å²) in [5, 5.41) is 7.54. The van der Waals surface area contributed by atoms with E-state index in [9.17, 15) is 0 Å². The predicted octanol–water partition coefficient (Wildman–Crippen LogP) is 1.65. The third-order valence-corrected chi connectivity index (χ3v) is 4.00. The second kappa shape index (κ2) is 5.35. The SMILES string of the molecule is CNCC(=Cc1ccn(C)n1)B1OC(C)(C)C(C)(C)O1. The molecular formula is C14H24BN3O2. The number of rotatable bonds is 4. The first-order valence-corrected chi connectivity index (χ1v) is 6.95. The molecule has 0 bridgehead atoms. The highest BCUT2D eigenvalue weighted by Crippen LogP contribution is 2.38. The van der Waals surface area contributed by atoms with Crippen molar-refractivity contribution < 1.29 is 9.31 Å². The Morgan fingerprint density at radius 2 is 1.95 bits per heavy atom. The van der Waals surface area contributed by atoms with Gasteiger partial charge in [-0.15, -0.1) is 0 Å². The molecular weight excluding hydrogens is 253 g/mol. The second-order valence-electron chi connectivity index (χ2n) is 6.25. The van der Waals surface area contributed by atoms with Crippen LogP contribution in [0.3, 0.4) is 0 Å². The summed E-state index contributed by atoms with van der Waals surface area (Å²) < 4.78 is 14.0. The van der Waals surface area contributed by atoms with Crippen LogP contribution >= 0.6 is 0 Å². The van der Waals surface area contributed by atoms with E-state index in [1.807, 2.05) is 32.4 Å². The number of aryl methyl sites for hydroxylation is 1. The zero-order chi connectivity index (χ0) is 15.0. The van der Waals surface area contributed by atoms with E-state index in [1.165, 1.54) is 0 Å². The van der Waals surface area contributed by atoms with Gasteiger partial charge in [-0.3, -0.25) is 4.68 Å². The molecule has 1 saturated heterocycles. The maximum absolute atomic E-state index is 6.09. The molecule has 0 aliphatic carbocycles. The van der Waals surface area contributed by atoms with Crippen molar-refractivity contribution in [3.8, 4) is 0 Å². The zero-order valence-corrected chi connectivity index (χ0v) is 13.2. The van der Waals surface area contributed by atoms with Crippen molar-refractivity contribution in [2.24, 2.45) is 7.05 Å². The summed E-state index contributed by atoms with van der Waals surface area (Å²) in [6.45, 7) is 8.94. The largest absolute Gasteiger partial charge is 0.491 e. The first-order valence-electron chi connectivity index (χ1n) is 6.95. The first kappa shape index (κ1) is 15.3. The molecule has 5 nitrogen and oxygen atoms in total. The van der Waals surface area contributed by atoms with Gasteiger partial charge in [0.1, 0.15) is 0 Å². The molecule has 110 valence electrons. The Morgan fingerprint density at radius 3 is 2.40 bits per heavy atom. The van der Waals surface area contributed by atoms with E-state index in [4.69, 9.17) is 9.31 Å². The van der Waals surface area contributed by atoms with Crippen molar-refractivity contribution in [1.29, 1.82) is 0 Å². The van der Waals surface area contributed by atoms with Gasteiger partial charge in [0.05, 0.1) is 16.9 Å². The standard InChI is InChI=1S/C14H24BN3O2/c1-13(2)14(3,4)20-15(19-13)11(10-16-5)9-12-7-8-18(6)17-12/h7-9,16H,10H2,1-6H3. The maximum Gasteiger partial charge on any atom is 0.491 e. The van der Waals surface area contributed by atoms with Crippen molar-refractivity contribution in [3.05, 3.63) is 23.4 Å². The minimum absolute atomic E-state index is 0.325. The van der Waals surface area contributed by atoms with Gasteiger partial charge in [-0.2, -0.15) is 5.10 Å². The molecule has 1 aromatic rings. The Kier molecular flexibility index (Phi) is 4.09. The molecule has 0 amide bonds. The van der Waals surface area contributed by atoms with Crippen LogP contribution in [0.4, 0.5) is 0 Å². The number of aromatic nitrogens is 2. The first-order chi connectivity index (χ1) is 9.25. The van der Waals surface area contributed by atoms with Gasteiger partial charge in [-0.25, -0.2) is 0 Å². The Bertz CT molecular complexity index is 492. The number of hydrogen-bond acceptors (Lipinski definition) is 4. The summed E-state index contributed by atoms with van der Waals surface area (Å²) in [7, 11) is 3.48. The molecule has 0 spiro atoms. The average Bonchev–Trinajstić information content (AvgIpc) is 2.81. The molecule has 2 rings (SSSR count). The molecule has 1 aliphatic heterocycles. The van der Waals surface area contributed by atoms with Crippen molar-refractivity contribution in [2.45, 2.75) is 38.9 Å². The lowest BCUT2D eigenvalue weighted by atomic mass is 9.77.